The fourth-order valence-electron chi connectivity index (χ4n) is 3.19. The van der Waals surface area contributed by atoms with Crippen molar-refractivity contribution in [1.82, 2.24) is 19.6 Å². The number of hydrogen-bond donors (Lipinski definition) is 1. The van der Waals surface area contributed by atoms with Crippen LogP contribution in [0.5, 0.6) is 5.75 Å². The number of nitro groups is 1. The Morgan fingerprint density at radius 1 is 1.23 bits per heavy atom. The molecule has 1 aromatic carbocycles. The van der Waals surface area contributed by atoms with Crippen LogP contribution in [0.3, 0.4) is 0 Å². The lowest BCUT2D eigenvalue weighted by atomic mass is 10.2. The van der Waals surface area contributed by atoms with Crippen molar-refractivity contribution in [3.63, 3.8) is 0 Å². The normalized spacial score (nSPS) is 10.8. The Kier molecular flexibility index (Phi) is 6.14. The number of aromatic nitrogens is 4. The smallest absolute Gasteiger partial charge is 0.309 e. The minimum Gasteiger partial charge on any atom is -0.497 e. The average Bonchev–Trinajstić information content (AvgIpc) is 3.21. The molecule has 0 aliphatic rings. The van der Waals surface area contributed by atoms with Crippen LogP contribution < -0.4 is 10.1 Å². The molecule has 2 heterocycles. The number of nitrogens with zero attached hydrogens (tertiary/aromatic N) is 5. The second kappa shape index (κ2) is 8.76. The zero-order valence-corrected chi connectivity index (χ0v) is 17.4. The van der Waals surface area contributed by atoms with Crippen LogP contribution in [0.15, 0.2) is 30.5 Å². The van der Waals surface area contributed by atoms with Crippen molar-refractivity contribution in [2.45, 2.75) is 40.3 Å². The summed E-state index contributed by atoms with van der Waals surface area (Å²) in [5.74, 6) is 0.564. The van der Waals surface area contributed by atoms with Crippen LogP contribution in [-0.4, -0.2) is 37.5 Å². The van der Waals surface area contributed by atoms with E-state index in [2.05, 4.69) is 15.5 Å². The van der Waals surface area contributed by atoms with Gasteiger partial charge in [0.2, 0.25) is 5.91 Å². The summed E-state index contributed by atoms with van der Waals surface area (Å²) < 4.78 is 8.51. The first-order valence-electron chi connectivity index (χ1n) is 9.43. The third-order valence-corrected chi connectivity index (χ3v) is 4.80. The van der Waals surface area contributed by atoms with E-state index in [0.29, 0.717) is 23.6 Å². The van der Waals surface area contributed by atoms with Gasteiger partial charge in [-0.1, -0.05) is 12.1 Å². The van der Waals surface area contributed by atoms with Crippen LogP contribution in [0, 0.1) is 30.9 Å². The number of ether oxygens (including phenoxy) is 1. The number of benzene rings is 1. The summed E-state index contributed by atoms with van der Waals surface area (Å²) in [5.41, 5.74) is 3.54. The van der Waals surface area contributed by atoms with E-state index in [4.69, 9.17) is 4.74 Å². The van der Waals surface area contributed by atoms with E-state index in [1.54, 1.807) is 14.0 Å². The lowest BCUT2D eigenvalue weighted by molar-refractivity contribution is -0.385. The molecule has 0 radical (unpaired) electrons. The van der Waals surface area contributed by atoms with Gasteiger partial charge in [-0.05, 0) is 38.5 Å². The number of carbonyl (C=O) groups is 1. The molecule has 2 aromatic heterocycles. The molecular formula is C20H24N6O4. The Morgan fingerprint density at radius 2 is 2.00 bits per heavy atom. The monoisotopic (exact) mass is 412 g/mol. The molecule has 0 unspecified atom stereocenters. The number of nitrogens with one attached hydrogen (secondary N) is 1. The second-order valence-corrected chi connectivity index (χ2v) is 6.97. The minimum atomic E-state index is -0.484. The Labute approximate surface area is 173 Å². The molecule has 0 saturated heterocycles. The van der Waals surface area contributed by atoms with Crippen LogP contribution in [0.2, 0.25) is 0 Å². The third kappa shape index (κ3) is 4.65. The third-order valence-electron chi connectivity index (χ3n) is 4.80. The van der Waals surface area contributed by atoms with Crippen LogP contribution in [-0.2, 0) is 17.9 Å². The first-order chi connectivity index (χ1) is 14.3. The van der Waals surface area contributed by atoms with Crippen molar-refractivity contribution in [3.8, 4) is 5.75 Å². The fraction of sp³-hybridized carbons (Fsp3) is 0.350. The van der Waals surface area contributed by atoms with E-state index in [1.807, 2.05) is 42.8 Å². The summed E-state index contributed by atoms with van der Waals surface area (Å²) in [7, 11) is 1.62. The van der Waals surface area contributed by atoms with E-state index < -0.39 is 4.92 Å². The molecule has 0 bridgehead atoms. The van der Waals surface area contributed by atoms with Crippen LogP contribution >= 0.6 is 0 Å². The number of amides is 1. The molecule has 0 saturated carbocycles. The van der Waals surface area contributed by atoms with Gasteiger partial charge in [-0.15, -0.1) is 0 Å². The molecule has 0 aliphatic heterocycles. The van der Waals surface area contributed by atoms with Gasteiger partial charge in [0.25, 0.3) is 0 Å². The SMILES string of the molecule is COc1cccc(Cn2nc(C)c(NC(=O)CCn3cc([N+](=O)[O-])c(C)n3)c2C)c1. The molecule has 0 aliphatic carbocycles. The van der Waals surface area contributed by atoms with Crippen molar-refractivity contribution in [2.75, 3.05) is 12.4 Å². The van der Waals surface area contributed by atoms with Gasteiger partial charge in [0, 0.05) is 13.0 Å². The average molecular weight is 412 g/mol. The molecule has 10 nitrogen and oxygen atoms in total. The molecular weight excluding hydrogens is 388 g/mol. The lowest BCUT2D eigenvalue weighted by Crippen LogP contribution is -2.16. The van der Waals surface area contributed by atoms with Gasteiger partial charge in [-0.2, -0.15) is 10.2 Å². The highest BCUT2D eigenvalue weighted by Crippen LogP contribution is 2.22. The molecule has 3 aromatic rings. The molecule has 158 valence electrons. The fourth-order valence-corrected chi connectivity index (χ4v) is 3.19. The number of anilines is 1. The zero-order valence-electron chi connectivity index (χ0n) is 17.4. The Morgan fingerprint density at radius 3 is 2.67 bits per heavy atom. The summed E-state index contributed by atoms with van der Waals surface area (Å²) in [6, 6.07) is 7.73. The van der Waals surface area contributed by atoms with Gasteiger partial charge in [0.15, 0.2) is 0 Å². The Bertz CT molecular complexity index is 1090. The molecule has 3 rings (SSSR count). The van der Waals surface area contributed by atoms with Crippen molar-refractivity contribution < 1.29 is 14.5 Å². The number of carbonyl (C=O) groups excluding carboxylic acids is 1. The highest BCUT2D eigenvalue weighted by Gasteiger charge is 2.17. The number of rotatable bonds is 8. The molecule has 0 fully saturated rings. The van der Waals surface area contributed by atoms with Crippen molar-refractivity contribution >= 4 is 17.3 Å². The standard InChI is InChI=1S/C20H24N6O4/c1-13-18(26(28)29)12-24(22-13)9-8-19(27)21-20-14(2)23-25(15(20)3)11-16-6-5-7-17(10-16)30-4/h5-7,10,12H,8-9,11H2,1-4H3,(H,21,27). The maximum absolute atomic E-state index is 12.4. The van der Waals surface area contributed by atoms with E-state index in [1.165, 1.54) is 10.9 Å². The van der Waals surface area contributed by atoms with E-state index in [9.17, 15) is 14.9 Å². The molecule has 0 spiro atoms. The molecule has 0 atom stereocenters. The van der Waals surface area contributed by atoms with Crippen molar-refractivity contribution in [2.24, 2.45) is 0 Å². The molecule has 10 heteroatoms. The quantitative estimate of drug-likeness (QED) is 0.449. The topological polar surface area (TPSA) is 117 Å². The number of methoxy groups -OCH3 is 1. The van der Waals surface area contributed by atoms with E-state index >= 15 is 0 Å². The summed E-state index contributed by atoms with van der Waals surface area (Å²) >= 11 is 0. The molecule has 1 amide bonds. The summed E-state index contributed by atoms with van der Waals surface area (Å²) in [5, 5.41) is 22.4. The maximum Gasteiger partial charge on any atom is 0.309 e. The van der Waals surface area contributed by atoms with Gasteiger partial charge in [0.05, 0.1) is 35.7 Å². The Hall–Kier alpha value is -3.69. The van der Waals surface area contributed by atoms with Gasteiger partial charge in [0.1, 0.15) is 17.6 Å². The van der Waals surface area contributed by atoms with E-state index in [0.717, 1.165) is 17.0 Å². The largest absolute Gasteiger partial charge is 0.497 e. The predicted molar refractivity (Wildman–Crippen MR) is 111 cm³/mol. The van der Waals surface area contributed by atoms with E-state index in [-0.39, 0.29) is 24.6 Å². The summed E-state index contributed by atoms with van der Waals surface area (Å²) in [6.07, 6.45) is 1.48. The van der Waals surface area contributed by atoms with Crippen LogP contribution in [0.25, 0.3) is 0 Å². The van der Waals surface area contributed by atoms with Gasteiger partial charge >= 0.3 is 5.69 Å². The molecule has 1 N–H and O–H groups in total. The summed E-state index contributed by atoms with van der Waals surface area (Å²) in [6.45, 7) is 6.10. The zero-order chi connectivity index (χ0) is 21.8. The van der Waals surface area contributed by atoms with Gasteiger partial charge in [-0.25, -0.2) is 0 Å². The van der Waals surface area contributed by atoms with Crippen LogP contribution in [0.4, 0.5) is 11.4 Å². The highest BCUT2D eigenvalue weighted by molar-refractivity contribution is 5.91. The minimum absolute atomic E-state index is 0.0547. The highest BCUT2D eigenvalue weighted by atomic mass is 16.6. The maximum atomic E-state index is 12.4. The first kappa shape index (κ1) is 21.0. The van der Waals surface area contributed by atoms with Crippen molar-refractivity contribution in [3.05, 3.63) is 63.2 Å². The Balaban J connectivity index is 1.65. The number of hydrogen-bond acceptors (Lipinski definition) is 6. The second-order valence-electron chi connectivity index (χ2n) is 6.97. The number of aryl methyl sites for hydroxylation is 3. The van der Waals surface area contributed by atoms with Crippen molar-refractivity contribution in [1.29, 1.82) is 0 Å². The van der Waals surface area contributed by atoms with Crippen LogP contribution in [0.1, 0.15) is 29.1 Å². The first-order valence-corrected chi connectivity index (χ1v) is 9.43. The summed E-state index contributed by atoms with van der Waals surface area (Å²) in [4.78, 5) is 22.9. The molecule has 30 heavy (non-hydrogen) atoms. The predicted octanol–water partition coefficient (Wildman–Crippen LogP) is 3.00. The van der Waals surface area contributed by atoms with Gasteiger partial charge < -0.3 is 10.1 Å². The van der Waals surface area contributed by atoms with Gasteiger partial charge in [-0.3, -0.25) is 24.3 Å². The lowest BCUT2D eigenvalue weighted by Gasteiger charge is -2.08.